The number of allylic oxidation sites excluding steroid dienone is 2. The first-order valence-electron chi connectivity index (χ1n) is 6.91. The molecule has 3 saturated heterocycles. The fourth-order valence-corrected chi connectivity index (χ4v) is 4.53. The summed E-state index contributed by atoms with van der Waals surface area (Å²) in [5.41, 5.74) is 3.15. The lowest BCUT2D eigenvalue weighted by atomic mass is 10.1. The molecule has 0 aromatic rings. The average Bonchev–Trinajstić information content (AvgIpc) is 2.82. The third-order valence-electron chi connectivity index (χ3n) is 5.79. The zero-order chi connectivity index (χ0) is 11.8. The molecule has 0 amide bonds. The van der Waals surface area contributed by atoms with E-state index in [4.69, 9.17) is 0 Å². The summed E-state index contributed by atoms with van der Waals surface area (Å²) in [6, 6.07) is 0. The highest BCUT2D eigenvalue weighted by atomic mass is 15.6. The van der Waals surface area contributed by atoms with Crippen molar-refractivity contribution in [1.82, 2.24) is 14.7 Å². The molecule has 3 unspecified atom stereocenters. The summed E-state index contributed by atoms with van der Waals surface area (Å²) < 4.78 is 1.17. The molecule has 17 heavy (non-hydrogen) atoms. The molecule has 0 aliphatic carbocycles. The van der Waals surface area contributed by atoms with Crippen LogP contribution in [0.3, 0.4) is 0 Å². The van der Waals surface area contributed by atoms with Gasteiger partial charge in [-0.3, -0.25) is 14.3 Å². The Morgan fingerprint density at radius 3 is 2.41 bits per heavy atom. The third-order valence-corrected chi connectivity index (χ3v) is 5.79. The van der Waals surface area contributed by atoms with Gasteiger partial charge in [0.1, 0.15) is 11.9 Å². The number of nitrogens with zero attached hydrogens (tertiary/aromatic N) is 4. The molecule has 0 spiro atoms. The van der Waals surface area contributed by atoms with Crippen LogP contribution in [0.5, 0.6) is 0 Å². The van der Waals surface area contributed by atoms with Crippen molar-refractivity contribution < 1.29 is 4.48 Å². The van der Waals surface area contributed by atoms with E-state index in [0.29, 0.717) is 12.3 Å². The van der Waals surface area contributed by atoms with E-state index in [-0.39, 0.29) is 0 Å². The molecule has 0 saturated carbocycles. The molecule has 4 heterocycles. The number of piperazine rings is 2. The highest BCUT2D eigenvalue weighted by molar-refractivity contribution is 5.15. The fourth-order valence-electron chi connectivity index (χ4n) is 4.53. The summed E-state index contributed by atoms with van der Waals surface area (Å²) in [6.45, 7) is 12.3. The van der Waals surface area contributed by atoms with Gasteiger partial charge in [0.2, 0.25) is 0 Å². The van der Waals surface area contributed by atoms with Crippen molar-refractivity contribution in [2.75, 3.05) is 46.3 Å². The molecule has 4 aliphatic heterocycles. The highest BCUT2D eigenvalue weighted by Gasteiger charge is 2.60. The largest absolute Gasteiger partial charge is 0.317 e. The second-order valence-electron chi connectivity index (χ2n) is 6.25. The van der Waals surface area contributed by atoms with Crippen molar-refractivity contribution >= 4 is 0 Å². The van der Waals surface area contributed by atoms with Gasteiger partial charge in [-0.1, -0.05) is 0 Å². The van der Waals surface area contributed by atoms with Crippen LogP contribution in [0.2, 0.25) is 0 Å². The van der Waals surface area contributed by atoms with Gasteiger partial charge in [-0.15, -0.1) is 0 Å². The smallest absolute Gasteiger partial charge is 0.198 e. The topological polar surface area (TPSA) is 9.72 Å². The summed E-state index contributed by atoms with van der Waals surface area (Å²) >= 11 is 0. The van der Waals surface area contributed by atoms with Crippen molar-refractivity contribution in [3.8, 4) is 0 Å². The van der Waals surface area contributed by atoms with Crippen molar-refractivity contribution in [2.45, 2.75) is 26.2 Å². The van der Waals surface area contributed by atoms with E-state index in [1.807, 2.05) is 0 Å². The van der Waals surface area contributed by atoms with Gasteiger partial charge in [0.25, 0.3) is 0 Å². The first-order valence-corrected chi connectivity index (χ1v) is 6.91. The van der Waals surface area contributed by atoms with E-state index >= 15 is 0 Å². The molecule has 4 aliphatic rings. The molecule has 4 rings (SSSR count). The Hall–Kier alpha value is -0.580. The quantitative estimate of drug-likeness (QED) is 0.559. The van der Waals surface area contributed by atoms with Gasteiger partial charge in [-0.2, -0.15) is 0 Å². The Morgan fingerprint density at radius 1 is 1.00 bits per heavy atom. The summed E-state index contributed by atoms with van der Waals surface area (Å²) in [5.74, 6) is 0. The molecular formula is C13H23N4+. The zero-order valence-corrected chi connectivity index (χ0v) is 11.2. The molecule has 3 atom stereocenters. The van der Waals surface area contributed by atoms with E-state index in [2.05, 4.69) is 35.6 Å². The minimum absolute atomic E-state index is 0.667. The van der Waals surface area contributed by atoms with Crippen molar-refractivity contribution in [3.63, 3.8) is 0 Å². The SMILES string of the molecule is CC1=C(C)[N+]2(C)CCN3CCN4CCN1C2C43. The lowest BCUT2D eigenvalue weighted by molar-refractivity contribution is -0.911. The summed E-state index contributed by atoms with van der Waals surface area (Å²) in [7, 11) is 2.45. The minimum atomic E-state index is 0.667. The molecule has 0 aromatic carbocycles. The predicted molar refractivity (Wildman–Crippen MR) is 66.9 cm³/mol. The Labute approximate surface area is 104 Å². The highest BCUT2D eigenvalue weighted by Crippen LogP contribution is 2.44. The Bertz CT molecular complexity index is 398. The maximum Gasteiger partial charge on any atom is 0.198 e. The van der Waals surface area contributed by atoms with E-state index in [9.17, 15) is 0 Å². The molecule has 0 radical (unpaired) electrons. The zero-order valence-electron chi connectivity index (χ0n) is 11.2. The second-order valence-corrected chi connectivity index (χ2v) is 6.25. The summed E-state index contributed by atoms with van der Waals surface area (Å²) in [4.78, 5) is 8.11. The lowest BCUT2D eigenvalue weighted by Crippen LogP contribution is -2.72. The van der Waals surface area contributed by atoms with E-state index in [1.165, 1.54) is 43.8 Å². The second kappa shape index (κ2) is 3.05. The van der Waals surface area contributed by atoms with Crippen molar-refractivity contribution in [2.24, 2.45) is 0 Å². The van der Waals surface area contributed by atoms with Gasteiger partial charge >= 0.3 is 0 Å². The van der Waals surface area contributed by atoms with Gasteiger partial charge in [0.05, 0.1) is 19.3 Å². The van der Waals surface area contributed by atoms with Crippen LogP contribution in [0.1, 0.15) is 13.8 Å². The van der Waals surface area contributed by atoms with E-state index in [1.54, 1.807) is 11.4 Å². The molecule has 3 fully saturated rings. The molecule has 4 heteroatoms. The van der Waals surface area contributed by atoms with Crippen LogP contribution >= 0.6 is 0 Å². The summed E-state index contributed by atoms with van der Waals surface area (Å²) in [6.07, 6.45) is 1.34. The van der Waals surface area contributed by atoms with Gasteiger partial charge in [-0.25, -0.2) is 0 Å². The van der Waals surface area contributed by atoms with Crippen LogP contribution in [-0.4, -0.2) is 77.8 Å². The lowest BCUT2D eigenvalue weighted by Gasteiger charge is -2.53. The molecule has 0 aromatic heterocycles. The van der Waals surface area contributed by atoms with E-state index < -0.39 is 0 Å². The first-order chi connectivity index (χ1) is 8.13. The van der Waals surface area contributed by atoms with Crippen LogP contribution in [-0.2, 0) is 0 Å². The Morgan fingerprint density at radius 2 is 1.65 bits per heavy atom. The molecule has 0 N–H and O–H groups in total. The first kappa shape index (κ1) is 10.4. The Kier molecular flexibility index (Phi) is 1.86. The van der Waals surface area contributed by atoms with Crippen LogP contribution in [0.15, 0.2) is 11.4 Å². The fraction of sp³-hybridized carbons (Fsp3) is 0.846. The van der Waals surface area contributed by atoms with Crippen LogP contribution in [0, 0.1) is 0 Å². The van der Waals surface area contributed by atoms with Crippen LogP contribution in [0.4, 0.5) is 0 Å². The van der Waals surface area contributed by atoms with Gasteiger partial charge < -0.3 is 4.90 Å². The van der Waals surface area contributed by atoms with E-state index in [0.717, 1.165) is 0 Å². The number of likely N-dealkylation sites (N-methyl/N-ethyl adjacent to an activating group) is 1. The molecule has 94 valence electrons. The Balaban J connectivity index is 1.83. The van der Waals surface area contributed by atoms with Crippen molar-refractivity contribution in [3.05, 3.63) is 11.4 Å². The number of rotatable bonds is 0. The average molecular weight is 235 g/mol. The van der Waals surface area contributed by atoms with Gasteiger partial charge in [0.15, 0.2) is 6.17 Å². The van der Waals surface area contributed by atoms with Crippen LogP contribution in [0.25, 0.3) is 0 Å². The normalized spacial score (nSPS) is 45.7. The minimum Gasteiger partial charge on any atom is -0.317 e. The van der Waals surface area contributed by atoms with Gasteiger partial charge in [-0.05, 0) is 6.92 Å². The molecule has 4 nitrogen and oxygen atoms in total. The molecular weight excluding hydrogens is 212 g/mol. The predicted octanol–water partition coefficient (Wildman–Crippen LogP) is 0.297. The van der Waals surface area contributed by atoms with Gasteiger partial charge in [0, 0.05) is 39.6 Å². The monoisotopic (exact) mass is 235 g/mol. The summed E-state index contributed by atoms with van der Waals surface area (Å²) in [5, 5.41) is 0. The number of hydrogen-bond acceptors (Lipinski definition) is 3. The number of quaternary nitrogens is 1. The van der Waals surface area contributed by atoms with Crippen LogP contribution < -0.4 is 0 Å². The maximum absolute atomic E-state index is 2.71. The van der Waals surface area contributed by atoms with Crippen molar-refractivity contribution in [1.29, 1.82) is 0 Å². The maximum atomic E-state index is 2.71. The molecule has 0 bridgehead atoms. The standard InChI is InChI=1S/C13H23N4/c1-10-11(2)17(3)9-8-15-5-4-14-6-7-16(10)13(17)12(14)15/h12-13H,4-9H2,1-3H3/q+1. The third kappa shape index (κ3) is 1.05. The number of hydrogen-bond donors (Lipinski definition) is 0.